The van der Waals surface area contributed by atoms with Crippen LogP contribution in [-0.2, 0) is 9.53 Å². The van der Waals surface area contributed by atoms with Gasteiger partial charge in [0.15, 0.2) is 27.8 Å². The molecule has 0 amide bonds. The number of ether oxygens (including phenoxy) is 5. The van der Waals surface area contributed by atoms with Crippen molar-refractivity contribution in [1.29, 1.82) is 0 Å². The third-order valence-electron chi connectivity index (χ3n) is 6.24. The van der Waals surface area contributed by atoms with E-state index in [9.17, 15) is 9.59 Å². The molecule has 1 aromatic heterocycles. The normalized spacial score (nSPS) is 14.6. The Morgan fingerprint density at radius 2 is 1.93 bits per heavy atom. The second kappa shape index (κ2) is 13.5. The van der Waals surface area contributed by atoms with Crippen LogP contribution in [0.5, 0.6) is 23.0 Å². The number of esters is 1. The van der Waals surface area contributed by atoms with Gasteiger partial charge in [-0.15, -0.1) is 6.42 Å². The van der Waals surface area contributed by atoms with Gasteiger partial charge in [-0.25, -0.2) is 9.79 Å². The number of halogens is 1. The number of aromatic nitrogens is 1. The quantitative estimate of drug-likeness (QED) is 0.178. The monoisotopic (exact) mass is 702 g/mol. The van der Waals surface area contributed by atoms with Crippen LogP contribution in [0.1, 0.15) is 44.9 Å². The van der Waals surface area contributed by atoms with Crippen LogP contribution in [0.25, 0.3) is 6.08 Å². The van der Waals surface area contributed by atoms with Gasteiger partial charge in [-0.3, -0.25) is 9.36 Å². The maximum Gasteiger partial charge on any atom is 0.338 e. The molecule has 0 unspecified atom stereocenters. The van der Waals surface area contributed by atoms with E-state index in [0.29, 0.717) is 49.2 Å². The Balaban J connectivity index is 1.98. The van der Waals surface area contributed by atoms with Gasteiger partial charge in [-0.2, -0.15) is 0 Å². The van der Waals surface area contributed by atoms with Crippen molar-refractivity contribution in [3.05, 3.63) is 76.0 Å². The highest BCUT2D eigenvalue weighted by molar-refractivity contribution is 14.1. The topological polar surface area (TPSA) is 97.6 Å². The van der Waals surface area contributed by atoms with E-state index in [2.05, 4.69) is 33.5 Å². The molecule has 0 aliphatic carbocycles. The predicted molar refractivity (Wildman–Crippen MR) is 169 cm³/mol. The molecule has 2 aromatic carbocycles. The average molecular weight is 703 g/mol. The zero-order chi connectivity index (χ0) is 30.6. The summed E-state index contributed by atoms with van der Waals surface area (Å²) in [6, 6.07) is 8.24. The van der Waals surface area contributed by atoms with Gasteiger partial charge in [0.25, 0.3) is 5.56 Å². The fourth-order valence-corrected chi connectivity index (χ4v) is 6.23. The second-order valence-electron chi connectivity index (χ2n) is 9.40. The molecule has 0 N–H and O–H groups in total. The Labute approximate surface area is 261 Å². The molecule has 4 rings (SSSR count). The van der Waals surface area contributed by atoms with Crippen LogP contribution in [0.4, 0.5) is 0 Å². The zero-order valence-electron chi connectivity index (χ0n) is 24.1. The molecule has 1 aliphatic heterocycles. The van der Waals surface area contributed by atoms with Crippen LogP contribution in [0.15, 0.2) is 51.4 Å². The number of hydrogen-bond donors (Lipinski definition) is 0. The number of carbonyl (C=O) groups is 1. The molecule has 220 valence electrons. The molecule has 9 nitrogen and oxygen atoms in total. The lowest BCUT2D eigenvalue weighted by molar-refractivity contribution is -0.139. The molecule has 1 aliphatic rings. The average Bonchev–Trinajstić information content (AvgIpc) is 3.25. The predicted octanol–water partition coefficient (Wildman–Crippen LogP) is 4.22. The SMILES string of the molecule is C#CCOc1c(/C=c2/sc3n(c2=O)[C@H](c2ccc(OC(C)C)c(OC)c2)C(C(=O)OCC)=C(C)N=3)cc(I)cc1OC. The number of terminal acetylenes is 1. The van der Waals surface area contributed by atoms with Gasteiger partial charge >= 0.3 is 5.97 Å². The van der Waals surface area contributed by atoms with Crippen molar-refractivity contribution < 1.29 is 28.5 Å². The van der Waals surface area contributed by atoms with Crippen molar-refractivity contribution in [3.63, 3.8) is 0 Å². The number of nitrogens with zero attached hydrogens (tertiary/aromatic N) is 2. The third-order valence-corrected chi connectivity index (χ3v) is 7.84. The summed E-state index contributed by atoms with van der Waals surface area (Å²) in [5.74, 6) is 3.85. The molecule has 0 fully saturated rings. The molecule has 0 bridgehead atoms. The van der Waals surface area contributed by atoms with E-state index in [0.717, 1.165) is 3.57 Å². The number of benzene rings is 2. The van der Waals surface area contributed by atoms with E-state index in [1.165, 1.54) is 23.0 Å². The second-order valence-corrected chi connectivity index (χ2v) is 11.7. The lowest BCUT2D eigenvalue weighted by atomic mass is 9.95. The first kappa shape index (κ1) is 31.2. The Hall–Kier alpha value is -3.76. The maximum atomic E-state index is 14.1. The maximum absolute atomic E-state index is 14.1. The first-order valence-electron chi connectivity index (χ1n) is 13.1. The Kier molecular flexibility index (Phi) is 10.0. The smallest absolute Gasteiger partial charge is 0.338 e. The summed E-state index contributed by atoms with van der Waals surface area (Å²) in [4.78, 5) is 32.5. The molecule has 2 heterocycles. The highest BCUT2D eigenvalue weighted by atomic mass is 127. The van der Waals surface area contributed by atoms with E-state index in [1.54, 1.807) is 39.2 Å². The molecule has 3 aromatic rings. The summed E-state index contributed by atoms with van der Waals surface area (Å²) in [7, 11) is 3.08. The number of fused-ring (bicyclic) bond motifs is 1. The number of hydrogen-bond acceptors (Lipinski definition) is 9. The van der Waals surface area contributed by atoms with Crippen LogP contribution in [-0.4, -0.2) is 44.1 Å². The summed E-state index contributed by atoms with van der Waals surface area (Å²) in [5.41, 5.74) is 1.65. The summed E-state index contributed by atoms with van der Waals surface area (Å²) >= 11 is 3.38. The molecule has 42 heavy (non-hydrogen) atoms. The first-order valence-corrected chi connectivity index (χ1v) is 15.0. The van der Waals surface area contributed by atoms with E-state index >= 15 is 0 Å². The van der Waals surface area contributed by atoms with Crippen molar-refractivity contribution >= 4 is 46.0 Å². The van der Waals surface area contributed by atoms with Crippen LogP contribution >= 0.6 is 33.9 Å². The number of allylic oxidation sites excluding steroid dienone is 1. The van der Waals surface area contributed by atoms with Gasteiger partial charge in [0.2, 0.25) is 0 Å². The summed E-state index contributed by atoms with van der Waals surface area (Å²) in [6.07, 6.45) is 7.08. The zero-order valence-corrected chi connectivity index (χ0v) is 27.1. The van der Waals surface area contributed by atoms with Gasteiger partial charge in [0, 0.05) is 9.13 Å². The molecule has 1 atom stereocenters. The van der Waals surface area contributed by atoms with Gasteiger partial charge in [0.1, 0.15) is 6.61 Å². The lowest BCUT2D eigenvalue weighted by Crippen LogP contribution is -2.40. The Morgan fingerprint density at radius 3 is 2.57 bits per heavy atom. The van der Waals surface area contributed by atoms with Gasteiger partial charge in [0.05, 0.1) is 48.8 Å². The Morgan fingerprint density at radius 1 is 1.19 bits per heavy atom. The minimum absolute atomic E-state index is 0.0273. The van der Waals surface area contributed by atoms with Crippen molar-refractivity contribution in [2.75, 3.05) is 27.4 Å². The summed E-state index contributed by atoms with van der Waals surface area (Å²) < 4.78 is 31.0. The minimum atomic E-state index is -0.813. The van der Waals surface area contributed by atoms with Crippen LogP contribution < -0.4 is 33.8 Å². The van der Waals surface area contributed by atoms with Crippen molar-refractivity contribution in [3.8, 4) is 35.3 Å². The Bertz CT molecular complexity index is 1760. The van der Waals surface area contributed by atoms with Gasteiger partial charge < -0.3 is 23.7 Å². The molecule has 11 heteroatoms. The largest absolute Gasteiger partial charge is 0.493 e. The highest BCUT2D eigenvalue weighted by Gasteiger charge is 2.34. The van der Waals surface area contributed by atoms with E-state index in [1.807, 2.05) is 32.0 Å². The third kappa shape index (κ3) is 6.34. The fraction of sp³-hybridized carbons (Fsp3) is 0.323. The van der Waals surface area contributed by atoms with Crippen molar-refractivity contribution in [1.82, 2.24) is 4.57 Å². The molecular formula is C31H31IN2O7S. The fourth-order valence-electron chi connectivity index (χ4n) is 4.57. The van der Waals surface area contributed by atoms with E-state index in [-0.39, 0.29) is 30.5 Å². The molecule has 0 saturated heterocycles. The number of thiazole rings is 1. The number of methoxy groups -OCH3 is 2. The minimum Gasteiger partial charge on any atom is -0.493 e. The summed E-state index contributed by atoms with van der Waals surface area (Å²) in [5, 5.41) is 0. The molecular weight excluding hydrogens is 671 g/mol. The van der Waals surface area contributed by atoms with E-state index in [4.69, 9.17) is 30.1 Å². The van der Waals surface area contributed by atoms with Crippen molar-refractivity contribution in [2.24, 2.45) is 4.99 Å². The van der Waals surface area contributed by atoms with Crippen molar-refractivity contribution in [2.45, 2.75) is 39.8 Å². The van der Waals surface area contributed by atoms with Gasteiger partial charge in [-0.1, -0.05) is 23.3 Å². The van der Waals surface area contributed by atoms with E-state index < -0.39 is 12.0 Å². The van der Waals surface area contributed by atoms with Crippen LogP contribution in [0.2, 0.25) is 0 Å². The molecule has 0 spiro atoms. The summed E-state index contributed by atoms with van der Waals surface area (Å²) in [6.45, 7) is 7.51. The molecule has 0 saturated carbocycles. The number of carbonyl (C=O) groups excluding carboxylic acids is 1. The van der Waals surface area contributed by atoms with Crippen LogP contribution in [0, 0.1) is 15.9 Å². The standard InChI is InChI=1S/C31H31IN2O7S/c1-8-12-40-28-20(13-21(32)16-24(28)38-7)15-25-29(35)34-27(19-10-11-22(41-17(3)4)23(14-19)37-6)26(30(36)39-9-2)18(5)33-31(34)42-25/h1,10-11,13-17,27H,9,12H2,2-7H3/b25-15+/t27-/m1/s1. The molecule has 0 radical (unpaired) electrons. The number of rotatable bonds is 10. The van der Waals surface area contributed by atoms with Gasteiger partial charge in [-0.05, 0) is 86.2 Å². The van der Waals surface area contributed by atoms with Crippen LogP contribution in [0.3, 0.4) is 0 Å². The first-order chi connectivity index (χ1) is 20.1. The lowest BCUT2D eigenvalue weighted by Gasteiger charge is -2.25. The highest BCUT2D eigenvalue weighted by Crippen LogP contribution is 2.37.